The highest BCUT2D eigenvalue weighted by molar-refractivity contribution is 6.04. The number of imidazole rings is 1. The van der Waals surface area contributed by atoms with E-state index in [0.29, 0.717) is 13.0 Å². The standard InChI is InChI=1S/C22H19N7O/c23-8-2-11-28-10-1-3-19(28)21-22(29-12-9-24-14-20(29)26-21)25-16-5-6-17-15(13-16)4-7-18(17)27-30/h1,3,5-6,9-10,12-14,25,30H,2,4,7,11H2/b27-18+. The predicted molar refractivity (Wildman–Crippen MR) is 113 cm³/mol. The Bertz CT molecular complexity index is 1310. The number of oxime groups is 1. The number of aryl methyl sites for hydroxylation is 2. The topological polar surface area (TPSA) is 104 Å². The number of nitrogens with one attached hydrogen (secondary N) is 1. The van der Waals surface area contributed by atoms with Crippen LogP contribution in [0.15, 0.2) is 60.3 Å². The van der Waals surface area contributed by atoms with Crippen LogP contribution in [0.3, 0.4) is 0 Å². The van der Waals surface area contributed by atoms with Crippen molar-refractivity contribution < 1.29 is 5.21 Å². The van der Waals surface area contributed by atoms with E-state index in [4.69, 9.17) is 15.5 Å². The van der Waals surface area contributed by atoms with Gasteiger partial charge in [-0.15, -0.1) is 0 Å². The number of anilines is 2. The fraction of sp³-hybridized carbons (Fsp3) is 0.182. The summed E-state index contributed by atoms with van der Waals surface area (Å²) < 4.78 is 4.01. The van der Waals surface area contributed by atoms with Crippen molar-refractivity contribution in [3.8, 4) is 17.5 Å². The molecule has 5 rings (SSSR count). The summed E-state index contributed by atoms with van der Waals surface area (Å²) in [4.78, 5) is 8.99. The van der Waals surface area contributed by atoms with Crippen LogP contribution in [0.4, 0.5) is 11.5 Å². The van der Waals surface area contributed by atoms with Crippen molar-refractivity contribution >= 4 is 22.9 Å². The zero-order valence-corrected chi connectivity index (χ0v) is 16.2. The van der Waals surface area contributed by atoms with E-state index < -0.39 is 0 Å². The Labute approximate surface area is 172 Å². The van der Waals surface area contributed by atoms with Gasteiger partial charge >= 0.3 is 0 Å². The van der Waals surface area contributed by atoms with Crippen LogP contribution < -0.4 is 5.32 Å². The van der Waals surface area contributed by atoms with E-state index in [0.717, 1.165) is 58.2 Å². The van der Waals surface area contributed by atoms with Crippen LogP contribution in [-0.2, 0) is 13.0 Å². The number of nitrogens with zero attached hydrogens (tertiary/aromatic N) is 6. The Morgan fingerprint density at radius 3 is 3.03 bits per heavy atom. The molecule has 3 heterocycles. The van der Waals surface area contributed by atoms with E-state index in [1.54, 1.807) is 12.4 Å². The molecule has 4 aromatic rings. The average Bonchev–Trinajstić information content (AvgIpc) is 3.49. The first-order valence-electron chi connectivity index (χ1n) is 9.74. The zero-order chi connectivity index (χ0) is 20.5. The summed E-state index contributed by atoms with van der Waals surface area (Å²) in [6.07, 6.45) is 9.32. The van der Waals surface area contributed by atoms with Crippen molar-refractivity contribution in [2.75, 3.05) is 5.32 Å². The Hall–Kier alpha value is -4.12. The average molecular weight is 397 g/mol. The maximum atomic E-state index is 9.17. The first kappa shape index (κ1) is 17.9. The monoisotopic (exact) mass is 397 g/mol. The second-order valence-electron chi connectivity index (χ2n) is 7.15. The number of hydrogen-bond acceptors (Lipinski definition) is 6. The third kappa shape index (κ3) is 2.97. The van der Waals surface area contributed by atoms with Crippen LogP contribution in [0.5, 0.6) is 0 Å². The molecule has 0 unspecified atom stereocenters. The smallest absolute Gasteiger partial charge is 0.157 e. The number of hydrogen-bond donors (Lipinski definition) is 2. The molecule has 0 aliphatic heterocycles. The summed E-state index contributed by atoms with van der Waals surface area (Å²) >= 11 is 0. The van der Waals surface area contributed by atoms with E-state index in [1.165, 1.54) is 0 Å². The fourth-order valence-electron chi connectivity index (χ4n) is 3.99. The van der Waals surface area contributed by atoms with E-state index in [1.807, 2.05) is 45.6 Å². The number of fused-ring (bicyclic) bond motifs is 2. The Morgan fingerprint density at radius 1 is 1.23 bits per heavy atom. The van der Waals surface area contributed by atoms with Crippen molar-refractivity contribution in [1.82, 2.24) is 18.9 Å². The van der Waals surface area contributed by atoms with Gasteiger partial charge in [0.25, 0.3) is 0 Å². The molecule has 1 aromatic carbocycles. The molecule has 1 aliphatic carbocycles. The van der Waals surface area contributed by atoms with Gasteiger partial charge in [0.1, 0.15) is 11.5 Å². The molecule has 8 nitrogen and oxygen atoms in total. The molecule has 2 N–H and O–H groups in total. The minimum Gasteiger partial charge on any atom is -0.411 e. The van der Waals surface area contributed by atoms with Gasteiger partial charge in [-0.1, -0.05) is 11.2 Å². The molecule has 3 aromatic heterocycles. The van der Waals surface area contributed by atoms with Crippen molar-refractivity contribution in [1.29, 1.82) is 5.26 Å². The molecule has 0 radical (unpaired) electrons. The van der Waals surface area contributed by atoms with Crippen LogP contribution in [-0.4, -0.2) is 29.9 Å². The van der Waals surface area contributed by atoms with Gasteiger partial charge in [-0.25, -0.2) is 4.98 Å². The molecular formula is C22H19N7O. The van der Waals surface area contributed by atoms with Gasteiger partial charge in [-0.2, -0.15) is 5.26 Å². The SMILES string of the molecule is N#CCCn1cccc1-c1nc2cnccn2c1Nc1ccc2c(c1)CC/C2=N\O. The quantitative estimate of drug-likeness (QED) is 0.392. The maximum absolute atomic E-state index is 9.17. The predicted octanol–water partition coefficient (Wildman–Crippen LogP) is 3.98. The van der Waals surface area contributed by atoms with E-state index >= 15 is 0 Å². The second-order valence-corrected chi connectivity index (χ2v) is 7.15. The van der Waals surface area contributed by atoms with Crippen LogP contribution in [0.2, 0.25) is 0 Å². The molecule has 8 heteroatoms. The second kappa shape index (κ2) is 7.37. The summed E-state index contributed by atoms with van der Waals surface area (Å²) in [5, 5.41) is 25.1. The number of aromatic nitrogens is 4. The summed E-state index contributed by atoms with van der Waals surface area (Å²) in [6.45, 7) is 0.604. The molecule has 0 saturated heterocycles. The molecule has 0 atom stereocenters. The fourth-order valence-corrected chi connectivity index (χ4v) is 3.99. The first-order valence-corrected chi connectivity index (χ1v) is 9.74. The highest BCUT2D eigenvalue weighted by Gasteiger charge is 2.20. The number of nitriles is 1. The lowest BCUT2D eigenvalue weighted by atomic mass is 10.1. The van der Waals surface area contributed by atoms with Gasteiger partial charge in [-0.3, -0.25) is 9.38 Å². The third-order valence-corrected chi connectivity index (χ3v) is 5.40. The van der Waals surface area contributed by atoms with Crippen LogP contribution in [0.1, 0.15) is 24.0 Å². The molecule has 148 valence electrons. The zero-order valence-electron chi connectivity index (χ0n) is 16.2. The van der Waals surface area contributed by atoms with Gasteiger partial charge in [0.05, 0.1) is 30.1 Å². The summed E-state index contributed by atoms with van der Waals surface area (Å²) in [7, 11) is 0. The van der Waals surface area contributed by atoms with Gasteiger partial charge in [0.15, 0.2) is 5.65 Å². The van der Waals surface area contributed by atoms with E-state index in [-0.39, 0.29) is 0 Å². The molecule has 30 heavy (non-hydrogen) atoms. The van der Waals surface area contributed by atoms with Crippen LogP contribution in [0.25, 0.3) is 17.0 Å². The van der Waals surface area contributed by atoms with Gasteiger partial charge in [-0.05, 0) is 42.7 Å². The minimum atomic E-state index is 0.429. The van der Waals surface area contributed by atoms with Gasteiger partial charge < -0.3 is 15.1 Å². The van der Waals surface area contributed by atoms with Crippen molar-refractivity contribution in [2.45, 2.75) is 25.8 Å². The normalized spacial score (nSPS) is 14.2. The van der Waals surface area contributed by atoms with Crippen molar-refractivity contribution in [3.05, 3.63) is 66.2 Å². The molecule has 0 spiro atoms. The highest BCUT2D eigenvalue weighted by Crippen LogP contribution is 2.33. The number of rotatable bonds is 5. The molecule has 0 fully saturated rings. The lowest BCUT2D eigenvalue weighted by molar-refractivity contribution is 0.318. The Kier molecular flexibility index (Phi) is 4.41. The lowest BCUT2D eigenvalue weighted by Gasteiger charge is -2.12. The summed E-state index contributed by atoms with van der Waals surface area (Å²) in [5.41, 5.74) is 6.28. The first-order chi connectivity index (χ1) is 14.8. The van der Waals surface area contributed by atoms with Crippen molar-refractivity contribution in [3.63, 3.8) is 0 Å². The van der Waals surface area contributed by atoms with Gasteiger partial charge in [0.2, 0.25) is 0 Å². The lowest BCUT2D eigenvalue weighted by Crippen LogP contribution is -2.02. The van der Waals surface area contributed by atoms with E-state index in [2.05, 4.69) is 27.6 Å². The molecule has 0 saturated carbocycles. The molecule has 0 bridgehead atoms. The largest absolute Gasteiger partial charge is 0.411 e. The molecule has 0 amide bonds. The Balaban J connectivity index is 1.59. The van der Waals surface area contributed by atoms with Gasteiger partial charge in [0, 0.05) is 36.4 Å². The molecular weight excluding hydrogens is 378 g/mol. The summed E-state index contributed by atoms with van der Waals surface area (Å²) in [5.74, 6) is 0.832. The van der Waals surface area contributed by atoms with Crippen LogP contribution >= 0.6 is 0 Å². The van der Waals surface area contributed by atoms with E-state index in [9.17, 15) is 0 Å². The van der Waals surface area contributed by atoms with Crippen molar-refractivity contribution in [2.24, 2.45) is 5.16 Å². The third-order valence-electron chi connectivity index (χ3n) is 5.40. The highest BCUT2D eigenvalue weighted by atomic mass is 16.4. The maximum Gasteiger partial charge on any atom is 0.157 e. The summed E-state index contributed by atoms with van der Waals surface area (Å²) in [6, 6.07) is 12.2. The Morgan fingerprint density at radius 2 is 2.17 bits per heavy atom. The molecule has 1 aliphatic rings. The van der Waals surface area contributed by atoms with Crippen LogP contribution in [0, 0.1) is 11.3 Å². The minimum absolute atomic E-state index is 0.429. The number of benzene rings is 1.